The van der Waals surface area contributed by atoms with E-state index in [1.807, 2.05) is 30.3 Å². The number of aryl methyl sites for hydroxylation is 1. The Kier molecular flexibility index (Phi) is 6.05. The Morgan fingerprint density at radius 1 is 1.10 bits per heavy atom. The molecule has 3 aromatic rings. The van der Waals surface area contributed by atoms with Crippen LogP contribution in [0.5, 0.6) is 5.75 Å². The first kappa shape index (κ1) is 20.4. The lowest BCUT2D eigenvalue weighted by Gasteiger charge is -2.18. The number of benzene rings is 2. The van der Waals surface area contributed by atoms with Crippen molar-refractivity contribution >= 4 is 22.6 Å². The monoisotopic (exact) mass is 403 g/mol. The molecule has 0 amide bonds. The molecule has 1 aliphatic carbocycles. The lowest BCUT2D eigenvalue weighted by atomic mass is 10.0. The van der Waals surface area contributed by atoms with E-state index in [9.17, 15) is 4.79 Å². The minimum Gasteiger partial charge on any atom is -0.492 e. The molecule has 1 aliphatic rings. The minimum atomic E-state index is 0.0635. The molecule has 0 spiro atoms. The van der Waals surface area contributed by atoms with Gasteiger partial charge in [-0.05, 0) is 73.8 Å². The van der Waals surface area contributed by atoms with Crippen LogP contribution in [0.25, 0.3) is 22.6 Å². The van der Waals surface area contributed by atoms with Gasteiger partial charge in [0, 0.05) is 12.1 Å². The highest BCUT2D eigenvalue weighted by atomic mass is 16.5. The summed E-state index contributed by atoms with van der Waals surface area (Å²) in [5.41, 5.74) is 4.94. The molecule has 0 unspecified atom stereocenters. The Bertz CT molecular complexity index is 1140. The number of allylic oxidation sites excluding steroid dienone is 1. The Hall–Kier alpha value is -2.85. The van der Waals surface area contributed by atoms with Crippen LogP contribution in [-0.4, -0.2) is 31.1 Å². The fraction of sp³-hybridized carbons (Fsp3) is 0.346. The van der Waals surface area contributed by atoms with Gasteiger partial charge in [0.05, 0.1) is 5.39 Å². The highest BCUT2D eigenvalue weighted by Gasteiger charge is 2.24. The predicted octanol–water partition coefficient (Wildman–Crippen LogP) is 5.31. The smallest absolute Gasteiger partial charge is 0.196 e. The van der Waals surface area contributed by atoms with Crippen molar-refractivity contribution in [3.05, 3.63) is 75.1 Å². The maximum absolute atomic E-state index is 13.2. The van der Waals surface area contributed by atoms with Gasteiger partial charge >= 0.3 is 0 Å². The molecule has 4 heteroatoms. The molecule has 0 bridgehead atoms. The van der Waals surface area contributed by atoms with Gasteiger partial charge in [-0.3, -0.25) is 4.79 Å². The topological polar surface area (TPSA) is 42.7 Å². The highest BCUT2D eigenvalue weighted by Crippen LogP contribution is 2.35. The highest BCUT2D eigenvalue weighted by molar-refractivity contribution is 5.87. The van der Waals surface area contributed by atoms with Crippen molar-refractivity contribution in [3.8, 4) is 5.75 Å². The summed E-state index contributed by atoms with van der Waals surface area (Å²) in [6.45, 7) is 9.88. The van der Waals surface area contributed by atoms with Gasteiger partial charge < -0.3 is 14.1 Å². The van der Waals surface area contributed by atoms with Gasteiger partial charge in [0.2, 0.25) is 0 Å². The molecule has 1 heterocycles. The van der Waals surface area contributed by atoms with E-state index in [0.29, 0.717) is 17.6 Å². The van der Waals surface area contributed by atoms with Crippen molar-refractivity contribution in [1.29, 1.82) is 0 Å². The van der Waals surface area contributed by atoms with Crippen LogP contribution in [0.2, 0.25) is 0 Å². The Labute approximate surface area is 177 Å². The lowest BCUT2D eigenvalue weighted by Crippen LogP contribution is -2.27. The molecule has 0 atom stereocenters. The third-order valence-corrected chi connectivity index (χ3v) is 5.98. The summed E-state index contributed by atoms with van der Waals surface area (Å²) in [5, 5.41) is 0.603. The van der Waals surface area contributed by atoms with Crippen molar-refractivity contribution in [2.24, 2.45) is 0 Å². The quantitative estimate of drug-likeness (QED) is 0.536. The first-order valence-corrected chi connectivity index (χ1v) is 10.8. The average molecular weight is 404 g/mol. The van der Waals surface area contributed by atoms with Crippen molar-refractivity contribution in [2.75, 3.05) is 26.2 Å². The largest absolute Gasteiger partial charge is 0.492 e. The second-order valence-electron chi connectivity index (χ2n) is 7.80. The summed E-state index contributed by atoms with van der Waals surface area (Å²) in [7, 11) is 0. The summed E-state index contributed by atoms with van der Waals surface area (Å²) >= 11 is 0. The van der Waals surface area contributed by atoms with Gasteiger partial charge in [-0.25, -0.2) is 0 Å². The van der Waals surface area contributed by atoms with E-state index in [-0.39, 0.29) is 5.43 Å². The molecule has 2 aromatic carbocycles. The second-order valence-corrected chi connectivity index (χ2v) is 7.80. The van der Waals surface area contributed by atoms with Crippen molar-refractivity contribution in [3.63, 3.8) is 0 Å². The molecule has 0 radical (unpaired) electrons. The number of rotatable bonds is 7. The molecule has 30 heavy (non-hydrogen) atoms. The summed E-state index contributed by atoms with van der Waals surface area (Å²) < 4.78 is 12.1. The van der Waals surface area contributed by atoms with Crippen molar-refractivity contribution < 1.29 is 9.15 Å². The summed E-state index contributed by atoms with van der Waals surface area (Å²) in [6.07, 6.45) is 3.70. The van der Waals surface area contributed by atoms with Gasteiger partial charge in [-0.1, -0.05) is 38.1 Å². The van der Waals surface area contributed by atoms with Gasteiger partial charge in [0.25, 0.3) is 0 Å². The zero-order valence-electron chi connectivity index (χ0n) is 18.0. The van der Waals surface area contributed by atoms with E-state index in [1.54, 1.807) is 0 Å². The van der Waals surface area contributed by atoms with Crippen LogP contribution >= 0.6 is 0 Å². The van der Waals surface area contributed by atoms with E-state index in [1.165, 1.54) is 11.1 Å². The van der Waals surface area contributed by atoms with E-state index in [0.717, 1.165) is 55.1 Å². The van der Waals surface area contributed by atoms with E-state index in [2.05, 4.69) is 43.9 Å². The SMILES string of the molecule is CCN(CC)CCOc1ccc2oc3c(c(=O)c2c1)CCC3=Cc1ccccc1C. The van der Waals surface area contributed by atoms with E-state index in [4.69, 9.17) is 9.15 Å². The first-order valence-electron chi connectivity index (χ1n) is 10.8. The molecule has 0 saturated heterocycles. The van der Waals surface area contributed by atoms with Crippen molar-refractivity contribution in [2.45, 2.75) is 33.6 Å². The lowest BCUT2D eigenvalue weighted by molar-refractivity contribution is 0.223. The first-order chi connectivity index (χ1) is 14.6. The van der Waals surface area contributed by atoms with E-state index >= 15 is 0 Å². The zero-order chi connectivity index (χ0) is 21.1. The number of nitrogens with zero attached hydrogens (tertiary/aromatic N) is 1. The maximum atomic E-state index is 13.2. The number of ether oxygens (including phenoxy) is 1. The van der Waals surface area contributed by atoms with Gasteiger partial charge in [-0.2, -0.15) is 0 Å². The Morgan fingerprint density at radius 3 is 2.67 bits per heavy atom. The van der Waals surface area contributed by atoms with Crippen LogP contribution in [0, 0.1) is 6.92 Å². The molecule has 156 valence electrons. The maximum Gasteiger partial charge on any atom is 0.196 e. The standard InChI is InChI=1S/C26H29NO3/c1-4-27(5-2)14-15-29-21-11-13-24-23(17-21)25(28)22-12-10-20(26(22)30-24)16-19-9-7-6-8-18(19)3/h6-9,11,13,16-17H,4-5,10,12,14-15H2,1-3H3. The number of hydrogen-bond donors (Lipinski definition) is 0. The summed E-state index contributed by atoms with van der Waals surface area (Å²) in [5.74, 6) is 1.46. The molecule has 1 aromatic heterocycles. The fourth-order valence-corrected chi connectivity index (χ4v) is 4.07. The summed E-state index contributed by atoms with van der Waals surface area (Å²) in [4.78, 5) is 15.5. The third kappa shape index (κ3) is 4.05. The molecule has 4 rings (SSSR count). The van der Waals surface area contributed by atoms with Crippen LogP contribution < -0.4 is 10.2 Å². The normalized spacial score (nSPS) is 14.6. The Morgan fingerprint density at radius 2 is 1.90 bits per heavy atom. The molecule has 0 aliphatic heterocycles. The van der Waals surface area contributed by atoms with Gasteiger partial charge in [0.1, 0.15) is 23.7 Å². The minimum absolute atomic E-state index is 0.0635. The summed E-state index contributed by atoms with van der Waals surface area (Å²) in [6, 6.07) is 13.8. The Balaban J connectivity index is 1.63. The van der Waals surface area contributed by atoms with Crippen LogP contribution in [0.1, 0.15) is 42.7 Å². The number of hydrogen-bond acceptors (Lipinski definition) is 4. The zero-order valence-corrected chi connectivity index (χ0v) is 18.0. The van der Waals surface area contributed by atoms with Crippen molar-refractivity contribution in [1.82, 2.24) is 4.90 Å². The predicted molar refractivity (Wildman–Crippen MR) is 123 cm³/mol. The van der Waals surface area contributed by atoms with Gasteiger partial charge in [0.15, 0.2) is 5.43 Å². The van der Waals surface area contributed by atoms with Crippen LogP contribution in [0.3, 0.4) is 0 Å². The number of fused-ring (bicyclic) bond motifs is 2. The van der Waals surface area contributed by atoms with E-state index < -0.39 is 0 Å². The van der Waals surface area contributed by atoms with Crippen LogP contribution in [0.15, 0.2) is 51.7 Å². The second kappa shape index (κ2) is 8.88. The molecule has 0 saturated carbocycles. The molecule has 0 fully saturated rings. The van der Waals surface area contributed by atoms with Gasteiger partial charge in [-0.15, -0.1) is 0 Å². The molecular weight excluding hydrogens is 374 g/mol. The molecule has 4 nitrogen and oxygen atoms in total. The van der Waals surface area contributed by atoms with Crippen LogP contribution in [0.4, 0.5) is 0 Å². The fourth-order valence-electron chi connectivity index (χ4n) is 4.07. The third-order valence-electron chi connectivity index (χ3n) is 5.98. The van der Waals surface area contributed by atoms with Crippen LogP contribution in [-0.2, 0) is 6.42 Å². The number of likely N-dealkylation sites (N-methyl/N-ethyl adjacent to an activating group) is 1. The molecular formula is C26H29NO3. The molecule has 0 N–H and O–H groups in total. The average Bonchev–Trinajstić information content (AvgIpc) is 3.16.